The molecular weight excluding hydrogens is 340 g/mol. The Balaban J connectivity index is 1.52. The molecule has 0 fully saturated rings. The fraction of sp³-hybridized carbons (Fsp3) is 0.273. The van der Waals surface area contributed by atoms with E-state index in [4.69, 9.17) is 9.15 Å². The van der Waals surface area contributed by atoms with Crippen LogP contribution >= 0.6 is 0 Å². The van der Waals surface area contributed by atoms with E-state index in [0.29, 0.717) is 25.3 Å². The Hall–Kier alpha value is -3.08. The third-order valence-corrected chi connectivity index (χ3v) is 4.40. The molecule has 0 aliphatic rings. The molecule has 0 aliphatic carbocycles. The second-order valence-corrected chi connectivity index (χ2v) is 6.51. The molecule has 0 spiro atoms. The van der Waals surface area contributed by atoms with Gasteiger partial charge in [0, 0.05) is 18.5 Å². The zero-order valence-electron chi connectivity index (χ0n) is 15.9. The molecule has 0 aliphatic heterocycles. The number of hydrogen-bond acceptors (Lipinski definition) is 4. The molecule has 27 heavy (non-hydrogen) atoms. The second kappa shape index (κ2) is 8.54. The van der Waals surface area contributed by atoms with E-state index in [-0.39, 0.29) is 5.91 Å². The number of ether oxygens (including phenoxy) is 1. The summed E-state index contributed by atoms with van der Waals surface area (Å²) in [5, 5.41) is 2.94. The van der Waals surface area contributed by atoms with Crippen LogP contribution in [0.2, 0.25) is 0 Å². The summed E-state index contributed by atoms with van der Waals surface area (Å²) in [5.41, 5.74) is 3.98. The van der Waals surface area contributed by atoms with Gasteiger partial charge < -0.3 is 14.5 Å². The average molecular weight is 364 g/mol. The first-order chi connectivity index (χ1) is 13.0. The van der Waals surface area contributed by atoms with Crippen LogP contribution in [0.1, 0.15) is 22.6 Å². The number of hydrogen-bond donors (Lipinski definition) is 1. The van der Waals surface area contributed by atoms with E-state index in [1.165, 1.54) is 5.56 Å². The molecule has 1 aromatic heterocycles. The normalized spacial score (nSPS) is 10.6. The van der Waals surface area contributed by atoms with Gasteiger partial charge in [-0.2, -0.15) is 0 Å². The van der Waals surface area contributed by atoms with Gasteiger partial charge >= 0.3 is 0 Å². The van der Waals surface area contributed by atoms with Crippen molar-refractivity contribution in [1.29, 1.82) is 0 Å². The summed E-state index contributed by atoms with van der Waals surface area (Å²) < 4.78 is 10.9. The van der Waals surface area contributed by atoms with Gasteiger partial charge in [-0.15, -0.1) is 0 Å². The molecular formula is C22H24N2O3. The van der Waals surface area contributed by atoms with Crippen LogP contribution in [0.4, 0.5) is 0 Å². The number of amides is 1. The van der Waals surface area contributed by atoms with Gasteiger partial charge in [-0.25, -0.2) is 4.98 Å². The van der Waals surface area contributed by atoms with Crippen LogP contribution in [0, 0.1) is 13.8 Å². The van der Waals surface area contributed by atoms with Gasteiger partial charge in [-0.05, 0) is 43.7 Å². The number of carbonyl (C=O) groups excluding carboxylic acids is 1. The van der Waals surface area contributed by atoms with E-state index in [1.807, 2.05) is 62.4 Å². The van der Waals surface area contributed by atoms with Gasteiger partial charge in [0.25, 0.3) is 0 Å². The molecule has 0 radical (unpaired) electrons. The lowest BCUT2D eigenvalue weighted by Crippen LogP contribution is -2.27. The van der Waals surface area contributed by atoms with Crippen LogP contribution < -0.4 is 10.1 Å². The summed E-state index contributed by atoms with van der Waals surface area (Å²) in [4.78, 5) is 16.7. The van der Waals surface area contributed by atoms with E-state index in [9.17, 15) is 4.79 Å². The first-order valence-electron chi connectivity index (χ1n) is 8.98. The molecule has 0 atom stereocenters. The SMILES string of the molecule is COc1ccc(CC(=O)NCCc2nc(-c3ccc(C)cc3)oc2C)cc1. The number of nitrogens with zero attached hydrogens (tertiary/aromatic N) is 1. The quantitative estimate of drug-likeness (QED) is 0.691. The summed E-state index contributed by atoms with van der Waals surface area (Å²) in [6.45, 7) is 4.47. The molecule has 1 amide bonds. The molecule has 0 bridgehead atoms. The molecule has 0 saturated carbocycles. The maximum absolute atomic E-state index is 12.1. The van der Waals surface area contributed by atoms with Crippen LogP contribution in [0.3, 0.4) is 0 Å². The largest absolute Gasteiger partial charge is 0.497 e. The number of benzene rings is 2. The number of rotatable bonds is 7. The van der Waals surface area contributed by atoms with E-state index >= 15 is 0 Å². The van der Waals surface area contributed by atoms with Crippen molar-refractivity contribution in [1.82, 2.24) is 10.3 Å². The van der Waals surface area contributed by atoms with Crippen LogP contribution in [0.15, 0.2) is 52.9 Å². The number of aryl methyl sites for hydroxylation is 2. The lowest BCUT2D eigenvalue weighted by atomic mass is 10.1. The summed E-state index contributed by atoms with van der Waals surface area (Å²) in [6.07, 6.45) is 0.978. The summed E-state index contributed by atoms with van der Waals surface area (Å²) in [6, 6.07) is 15.6. The van der Waals surface area contributed by atoms with Gasteiger partial charge in [0.2, 0.25) is 11.8 Å². The molecule has 3 aromatic rings. The topological polar surface area (TPSA) is 64.4 Å². The maximum Gasteiger partial charge on any atom is 0.226 e. The highest BCUT2D eigenvalue weighted by molar-refractivity contribution is 5.78. The third-order valence-electron chi connectivity index (χ3n) is 4.40. The minimum atomic E-state index is -0.0138. The van der Waals surface area contributed by atoms with Crippen molar-refractivity contribution in [2.75, 3.05) is 13.7 Å². The zero-order valence-corrected chi connectivity index (χ0v) is 15.9. The molecule has 2 aromatic carbocycles. The fourth-order valence-corrected chi connectivity index (χ4v) is 2.79. The molecule has 3 rings (SSSR count). The molecule has 5 heteroatoms. The highest BCUT2D eigenvalue weighted by atomic mass is 16.5. The van der Waals surface area contributed by atoms with Crippen LogP contribution in [0.25, 0.3) is 11.5 Å². The van der Waals surface area contributed by atoms with Crippen molar-refractivity contribution in [3.63, 3.8) is 0 Å². The standard InChI is InChI=1S/C22H24N2O3/c1-15-4-8-18(9-5-15)22-24-20(16(2)27-22)12-13-23-21(25)14-17-6-10-19(26-3)11-7-17/h4-11H,12-14H2,1-3H3,(H,23,25). The van der Waals surface area contributed by atoms with E-state index in [2.05, 4.69) is 10.3 Å². The summed E-state index contributed by atoms with van der Waals surface area (Å²) in [7, 11) is 1.62. The number of nitrogens with one attached hydrogen (secondary N) is 1. The fourth-order valence-electron chi connectivity index (χ4n) is 2.79. The minimum Gasteiger partial charge on any atom is -0.497 e. The van der Waals surface area contributed by atoms with Crippen LogP contribution in [0.5, 0.6) is 5.75 Å². The predicted octanol–water partition coefficient (Wildman–Crippen LogP) is 3.87. The van der Waals surface area contributed by atoms with E-state index in [0.717, 1.165) is 28.3 Å². The van der Waals surface area contributed by atoms with E-state index in [1.54, 1.807) is 7.11 Å². The lowest BCUT2D eigenvalue weighted by Gasteiger charge is -2.05. The van der Waals surface area contributed by atoms with Crippen molar-refractivity contribution in [3.8, 4) is 17.2 Å². The highest BCUT2D eigenvalue weighted by Gasteiger charge is 2.12. The first-order valence-corrected chi connectivity index (χ1v) is 8.98. The number of aromatic nitrogens is 1. The second-order valence-electron chi connectivity index (χ2n) is 6.51. The molecule has 1 N–H and O–H groups in total. The van der Waals surface area contributed by atoms with Crippen molar-refractivity contribution in [2.45, 2.75) is 26.7 Å². The van der Waals surface area contributed by atoms with Gasteiger partial charge in [-0.3, -0.25) is 4.79 Å². The maximum atomic E-state index is 12.1. The highest BCUT2D eigenvalue weighted by Crippen LogP contribution is 2.22. The van der Waals surface area contributed by atoms with Gasteiger partial charge in [0.1, 0.15) is 11.5 Å². The Morgan fingerprint density at radius 3 is 2.44 bits per heavy atom. The Labute approximate surface area is 159 Å². The minimum absolute atomic E-state index is 0.0138. The Morgan fingerprint density at radius 2 is 1.78 bits per heavy atom. The summed E-state index contributed by atoms with van der Waals surface area (Å²) in [5.74, 6) is 2.17. The number of methoxy groups -OCH3 is 1. The molecule has 0 saturated heterocycles. The lowest BCUT2D eigenvalue weighted by molar-refractivity contribution is -0.120. The van der Waals surface area contributed by atoms with Gasteiger partial charge in [0.05, 0.1) is 19.2 Å². The van der Waals surface area contributed by atoms with Crippen LogP contribution in [-0.2, 0) is 17.6 Å². The average Bonchev–Trinajstić information content (AvgIpc) is 3.03. The third kappa shape index (κ3) is 4.97. The number of oxazole rings is 1. The first kappa shape index (κ1) is 18.7. The number of carbonyl (C=O) groups is 1. The molecule has 140 valence electrons. The Kier molecular flexibility index (Phi) is 5.91. The van der Waals surface area contributed by atoms with E-state index < -0.39 is 0 Å². The smallest absolute Gasteiger partial charge is 0.226 e. The summed E-state index contributed by atoms with van der Waals surface area (Å²) >= 11 is 0. The Bertz CT molecular complexity index is 896. The molecule has 1 heterocycles. The predicted molar refractivity (Wildman–Crippen MR) is 105 cm³/mol. The van der Waals surface area contributed by atoms with Gasteiger partial charge in [-0.1, -0.05) is 29.8 Å². The molecule has 0 unspecified atom stereocenters. The van der Waals surface area contributed by atoms with Crippen molar-refractivity contribution in [2.24, 2.45) is 0 Å². The van der Waals surface area contributed by atoms with Crippen LogP contribution in [-0.4, -0.2) is 24.5 Å². The Morgan fingerprint density at radius 1 is 1.07 bits per heavy atom. The molecule has 5 nitrogen and oxygen atoms in total. The zero-order chi connectivity index (χ0) is 19.2. The van der Waals surface area contributed by atoms with Crippen molar-refractivity contribution in [3.05, 3.63) is 71.1 Å². The van der Waals surface area contributed by atoms with Crippen molar-refractivity contribution >= 4 is 5.91 Å². The van der Waals surface area contributed by atoms with Crippen molar-refractivity contribution < 1.29 is 13.9 Å². The monoisotopic (exact) mass is 364 g/mol. The van der Waals surface area contributed by atoms with Gasteiger partial charge in [0.15, 0.2) is 0 Å².